The Labute approximate surface area is 158 Å². The van der Waals surface area contributed by atoms with Gasteiger partial charge in [-0.1, -0.05) is 20.8 Å². The smallest absolute Gasteiger partial charge is 0.225 e. The molecule has 7 atom stereocenters. The first-order chi connectivity index (χ1) is 12.3. The molecule has 0 N–H and O–H groups in total. The number of carbonyl (C=O) groups is 1. The zero-order valence-corrected chi connectivity index (χ0v) is 16.9. The molecule has 0 aromatic heterocycles. The summed E-state index contributed by atoms with van der Waals surface area (Å²) in [5.74, 6) is 2.47. The third kappa shape index (κ3) is 1.96. The summed E-state index contributed by atoms with van der Waals surface area (Å²) in [4.78, 5) is 14.7. The summed E-state index contributed by atoms with van der Waals surface area (Å²) >= 11 is 0. The van der Waals surface area contributed by atoms with Crippen LogP contribution in [-0.2, 0) is 14.3 Å². The Morgan fingerprint density at radius 3 is 2.42 bits per heavy atom. The van der Waals surface area contributed by atoms with E-state index in [1.807, 2.05) is 0 Å². The van der Waals surface area contributed by atoms with Gasteiger partial charge in [-0.15, -0.1) is 0 Å². The maximum absolute atomic E-state index is 12.6. The second kappa shape index (κ2) is 5.47. The first-order valence-electron chi connectivity index (χ1n) is 10.9. The van der Waals surface area contributed by atoms with Gasteiger partial charge < -0.3 is 14.4 Å². The molecule has 3 saturated carbocycles. The predicted molar refractivity (Wildman–Crippen MR) is 99.4 cm³/mol. The number of likely N-dealkylation sites (tertiary alicyclic amines) is 1. The number of nitrogens with zero attached hydrogens (tertiary/aromatic N) is 1. The highest BCUT2D eigenvalue weighted by Crippen LogP contribution is 2.68. The van der Waals surface area contributed by atoms with Crippen molar-refractivity contribution in [3.05, 3.63) is 0 Å². The highest BCUT2D eigenvalue weighted by Gasteiger charge is 2.67. The summed E-state index contributed by atoms with van der Waals surface area (Å²) in [5, 5.41) is 0. The zero-order valence-electron chi connectivity index (χ0n) is 16.9. The minimum Gasteiger partial charge on any atom is -0.347 e. The molecule has 0 aromatic carbocycles. The van der Waals surface area contributed by atoms with Crippen molar-refractivity contribution < 1.29 is 14.3 Å². The van der Waals surface area contributed by atoms with Crippen molar-refractivity contribution in [1.82, 2.24) is 4.90 Å². The normalized spacial score (nSPS) is 52.7. The van der Waals surface area contributed by atoms with E-state index >= 15 is 0 Å². The van der Waals surface area contributed by atoms with E-state index in [0.717, 1.165) is 43.8 Å². The topological polar surface area (TPSA) is 38.8 Å². The lowest BCUT2D eigenvalue weighted by atomic mass is 9.46. The molecule has 2 saturated heterocycles. The largest absolute Gasteiger partial charge is 0.347 e. The van der Waals surface area contributed by atoms with Gasteiger partial charge in [-0.2, -0.15) is 0 Å². The average Bonchev–Trinajstić information content (AvgIpc) is 3.19. The molecule has 4 heteroatoms. The van der Waals surface area contributed by atoms with Crippen LogP contribution in [0.5, 0.6) is 0 Å². The average molecular weight is 362 g/mol. The van der Waals surface area contributed by atoms with Crippen LogP contribution in [0.25, 0.3) is 0 Å². The van der Waals surface area contributed by atoms with E-state index in [0.29, 0.717) is 11.9 Å². The lowest BCUT2D eigenvalue weighted by molar-refractivity contribution is -0.247. The summed E-state index contributed by atoms with van der Waals surface area (Å²) in [6, 6.07) is 0.436. The highest BCUT2D eigenvalue weighted by atomic mass is 16.7. The molecule has 5 aliphatic rings. The SMILES string of the molecule is CC1C[C@@]2(C)C(CC[C@@H]3[C@@H]2CC[C@@]2(C)[C@H]3CCC23OCCO3)N(C)C1=O. The monoisotopic (exact) mass is 361 g/mol. The maximum atomic E-state index is 12.6. The second-order valence-electron chi connectivity index (χ2n) is 10.5. The molecule has 2 heterocycles. The van der Waals surface area contributed by atoms with Gasteiger partial charge in [0.05, 0.1) is 13.2 Å². The number of piperidine rings is 1. The van der Waals surface area contributed by atoms with Crippen molar-refractivity contribution in [2.75, 3.05) is 20.3 Å². The van der Waals surface area contributed by atoms with Crippen LogP contribution in [0.4, 0.5) is 0 Å². The van der Waals surface area contributed by atoms with Crippen molar-refractivity contribution in [1.29, 1.82) is 0 Å². The van der Waals surface area contributed by atoms with Crippen molar-refractivity contribution >= 4 is 5.91 Å². The molecule has 1 spiro atoms. The Morgan fingerprint density at radius 1 is 1.00 bits per heavy atom. The third-order valence-electron chi connectivity index (χ3n) is 9.60. The van der Waals surface area contributed by atoms with Gasteiger partial charge in [-0.3, -0.25) is 4.79 Å². The molecule has 26 heavy (non-hydrogen) atoms. The molecular weight excluding hydrogens is 326 g/mol. The number of hydrogen-bond acceptors (Lipinski definition) is 3. The van der Waals surface area contributed by atoms with E-state index in [1.165, 1.54) is 32.1 Å². The fraction of sp³-hybridized carbons (Fsp3) is 0.955. The van der Waals surface area contributed by atoms with Gasteiger partial charge in [0, 0.05) is 30.8 Å². The summed E-state index contributed by atoms with van der Waals surface area (Å²) in [7, 11) is 2.05. The number of ether oxygens (including phenoxy) is 2. The molecule has 3 aliphatic carbocycles. The number of fused-ring (bicyclic) bond motifs is 6. The third-order valence-corrected chi connectivity index (χ3v) is 9.60. The fourth-order valence-electron chi connectivity index (χ4n) is 8.49. The van der Waals surface area contributed by atoms with Crippen LogP contribution in [-0.4, -0.2) is 42.9 Å². The maximum Gasteiger partial charge on any atom is 0.225 e. The van der Waals surface area contributed by atoms with Crippen molar-refractivity contribution in [3.8, 4) is 0 Å². The molecule has 2 unspecified atom stereocenters. The van der Waals surface area contributed by atoms with E-state index in [2.05, 4.69) is 32.7 Å². The van der Waals surface area contributed by atoms with Crippen LogP contribution in [0, 0.1) is 34.5 Å². The number of hydrogen-bond donors (Lipinski definition) is 0. The van der Waals surface area contributed by atoms with E-state index < -0.39 is 0 Å². The Balaban J connectivity index is 1.47. The molecule has 0 bridgehead atoms. The summed E-state index contributed by atoms with van der Waals surface area (Å²) in [6.07, 6.45) is 8.33. The minimum absolute atomic E-state index is 0.171. The number of carbonyl (C=O) groups excluding carboxylic acids is 1. The van der Waals surface area contributed by atoms with E-state index in [9.17, 15) is 4.79 Å². The molecule has 5 rings (SSSR count). The minimum atomic E-state index is -0.299. The lowest BCUT2D eigenvalue weighted by Crippen LogP contribution is -2.63. The van der Waals surface area contributed by atoms with Gasteiger partial charge in [0.2, 0.25) is 5.91 Å². The fourth-order valence-corrected chi connectivity index (χ4v) is 8.49. The lowest BCUT2D eigenvalue weighted by Gasteiger charge is -2.63. The summed E-state index contributed by atoms with van der Waals surface area (Å²) in [5.41, 5.74) is 0.454. The highest BCUT2D eigenvalue weighted by molar-refractivity contribution is 5.79. The quantitative estimate of drug-likeness (QED) is 0.658. The van der Waals surface area contributed by atoms with Gasteiger partial charge in [0.15, 0.2) is 5.79 Å². The van der Waals surface area contributed by atoms with Crippen LogP contribution in [0.1, 0.15) is 65.7 Å². The van der Waals surface area contributed by atoms with Gasteiger partial charge in [-0.25, -0.2) is 0 Å². The van der Waals surface area contributed by atoms with Gasteiger partial charge >= 0.3 is 0 Å². The van der Waals surface area contributed by atoms with Crippen LogP contribution in [0.2, 0.25) is 0 Å². The Bertz CT molecular complexity index is 615. The van der Waals surface area contributed by atoms with E-state index in [-0.39, 0.29) is 22.5 Å². The molecule has 5 fully saturated rings. The Kier molecular flexibility index (Phi) is 3.68. The number of rotatable bonds is 0. The molecule has 1 amide bonds. The predicted octanol–water partition coefficient (Wildman–Crippen LogP) is 3.84. The summed E-state index contributed by atoms with van der Waals surface area (Å²) < 4.78 is 12.5. The first kappa shape index (κ1) is 17.5. The van der Waals surface area contributed by atoms with E-state index in [1.54, 1.807) is 0 Å². The second-order valence-corrected chi connectivity index (χ2v) is 10.5. The zero-order chi connectivity index (χ0) is 18.3. The standard InChI is InChI=1S/C22H35NO3/c1-14-13-20(2)16-7-9-21(3)17(8-10-22(21)25-11-12-26-22)15(16)5-6-18(20)23(4)19(14)24/h14-18H,5-13H2,1-4H3/t14?,15-,16+,17+,18?,20-,21+/m1/s1. The van der Waals surface area contributed by atoms with Crippen molar-refractivity contribution in [3.63, 3.8) is 0 Å². The molecular formula is C22H35NO3. The Hall–Kier alpha value is -0.610. The van der Waals surface area contributed by atoms with Crippen molar-refractivity contribution in [2.45, 2.75) is 77.5 Å². The van der Waals surface area contributed by atoms with Crippen LogP contribution < -0.4 is 0 Å². The number of amides is 1. The van der Waals surface area contributed by atoms with Crippen molar-refractivity contribution in [2.24, 2.45) is 34.5 Å². The van der Waals surface area contributed by atoms with E-state index in [4.69, 9.17) is 9.47 Å². The molecule has 4 nitrogen and oxygen atoms in total. The van der Waals surface area contributed by atoms with Gasteiger partial charge in [0.25, 0.3) is 0 Å². The summed E-state index contributed by atoms with van der Waals surface area (Å²) in [6.45, 7) is 8.63. The van der Waals surface area contributed by atoms with Gasteiger partial charge in [0.1, 0.15) is 0 Å². The molecule has 0 radical (unpaired) electrons. The Morgan fingerprint density at radius 2 is 1.69 bits per heavy atom. The molecule has 2 aliphatic heterocycles. The van der Waals surface area contributed by atoms with Gasteiger partial charge in [-0.05, 0) is 61.7 Å². The van der Waals surface area contributed by atoms with Crippen LogP contribution in [0.3, 0.4) is 0 Å². The molecule has 0 aromatic rings. The van der Waals surface area contributed by atoms with Crippen LogP contribution in [0.15, 0.2) is 0 Å². The molecule has 146 valence electrons. The first-order valence-corrected chi connectivity index (χ1v) is 10.9. The van der Waals surface area contributed by atoms with Crippen LogP contribution >= 0.6 is 0 Å².